The number of rotatable bonds is 7. The number of benzene rings is 2. The van der Waals surface area contributed by atoms with Gasteiger partial charge in [0, 0.05) is 30.1 Å². The first-order valence-corrected chi connectivity index (χ1v) is 9.17. The van der Waals surface area contributed by atoms with Gasteiger partial charge in [-0.25, -0.2) is 0 Å². The number of halogens is 3. The number of carbonyl (C=O) groups excluding carboxylic acids is 1. The highest BCUT2D eigenvalue weighted by atomic mass is 19.4. The van der Waals surface area contributed by atoms with Gasteiger partial charge in [-0.1, -0.05) is 24.3 Å². The van der Waals surface area contributed by atoms with E-state index >= 15 is 0 Å². The van der Waals surface area contributed by atoms with Gasteiger partial charge in [0.25, 0.3) is 0 Å². The molecular formula is C22H21F3N2O3. The van der Waals surface area contributed by atoms with Gasteiger partial charge >= 0.3 is 6.18 Å². The van der Waals surface area contributed by atoms with Crippen LogP contribution >= 0.6 is 0 Å². The lowest BCUT2D eigenvalue weighted by Crippen LogP contribution is -2.26. The van der Waals surface area contributed by atoms with Crippen LogP contribution in [0.1, 0.15) is 11.3 Å². The van der Waals surface area contributed by atoms with E-state index in [0.717, 1.165) is 11.6 Å². The number of hydrogen-bond donors (Lipinski definition) is 1. The number of para-hydroxylation sites is 1. The molecule has 0 fully saturated rings. The zero-order chi connectivity index (χ0) is 21.7. The molecule has 0 aliphatic heterocycles. The number of nitrogens with zero attached hydrogens (tertiary/aromatic N) is 1. The van der Waals surface area contributed by atoms with Crippen molar-refractivity contribution in [1.82, 2.24) is 9.88 Å². The highest BCUT2D eigenvalue weighted by molar-refractivity contribution is 5.91. The van der Waals surface area contributed by atoms with E-state index in [1.165, 1.54) is 24.9 Å². The Bertz CT molecular complexity index is 1070. The quantitative estimate of drug-likeness (QED) is 0.575. The van der Waals surface area contributed by atoms with Crippen LogP contribution in [-0.4, -0.2) is 31.2 Å². The van der Waals surface area contributed by atoms with E-state index in [1.807, 2.05) is 0 Å². The maximum absolute atomic E-state index is 13.4. The summed E-state index contributed by atoms with van der Waals surface area (Å²) < 4.78 is 51.6. The normalized spacial score (nSPS) is 11.8. The second kappa shape index (κ2) is 8.94. The summed E-state index contributed by atoms with van der Waals surface area (Å²) in [4.78, 5) is 12.1. The van der Waals surface area contributed by atoms with Crippen LogP contribution < -0.4 is 14.8 Å². The van der Waals surface area contributed by atoms with Crippen LogP contribution in [0.2, 0.25) is 0 Å². The molecule has 8 heteroatoms. The van der Waals surface area contributed by atoms with E-state index in [0.29, 0.717) is 22.4 Å². The minimum Gasteiger partial charge on any atom is -0.493 e. The minimum atomic E-state index is -4.48. The number of fused-ring (bicyclic) bond motifs is 1. The molecular weight excluding hydrogens is 397 g/mol. The summed E-state index contributed by atoms with van der Waals surface area (Å²) in [7, 11) is 3.04. The lowest BCUT2D eigenvalue weighted by Gasteiger charge is -2.13. The van der Waals surface area contributed by atoms with E-state index in [1.54, 1.807) is 48.5 Å². The van der Waals surface area contributed by atoms with E-state index < -0.39 is 17.8 Å². The third kappa shape index (κ3) is 4.76. The van der Waals surface area contributed by atoms with Gasteiger partial charge in [-0.05, 0) is 35.9 Å². The fraction of sp³-hybridized carbons (Fsp3) is 0.227. The molecule has 1 heterocycles. The number of ether oxygens (including phenoxy) is 2. The predicted octanol–water partition coefficient (Wildman–Crippen LogP) is 4.51. The van der Waals surface area contributed by atoms with Gasteiger partial charge in [0.15, 0.2) is 11.5 Å². The molecule has 0 aliphatic rings. The van der Waals surface area contributed by atoms with Crippen molar-refractivity contribution >= 4 is 22.9 Å². The first-order chi connectivity index (χ1) is 14.3. The molecule has 0 saturated carbocycles. The Labute approximate surface area is 171 Å². The second-order valence-corrected chi connectivity index (χ2v) is 6.48. The standard InChI is InChI=1S/C22H21F3N2O3/c1-29-18-9-7-15(13-19(18)30-2)8-10-21(28)26-11-12-27-17-6-4-3-5-16(17)14-20(27)22(23,24)25/h3-10,13-14H,11-12H2,1-2H3,(H,26,28)/b10-8+. The number of amides is 1. The maximum atomic E-state index is 13.4. The Balaban J connectivity index is 1.66. The number of nitrogens with one attached hydrogen (secondary N) is 1. The van der Waals surface area contributed by atoms with Gasteiger partial charge < -0.3 is 19.4 Å². The summed E-state index contributed by atoms with van der Waals surface area (Å²) in [6.07, 6.45) is -1.57. The number of aromatic nitrogens is 1. The van der Waals surface area contributed by atoms with Crippen LogP contribution in [-0.2, 0) is 17.5 Å². The third-order valence-corrected chi connectivity index (χ3v) is 4.57. The number of carbonyl (C=O) groups is 1. The monoisotopic (exact) mass is 418 g/mol. The molecule has 158 valence electrons. The second-order valence-electron chi connectivity index (χ2n) is 6.48. The highest BCUT2D eigenvalue weighted by Gasteiger charge is 2.35. The highest BCUT2D eigenvalue weighted by Crippen LogP contribution is 2.34. The lowest BCUT2D eigenvalue weighted by molar-refractivity contribution is -0.143. The van der Waals surface area contributed by atoms with Gasteiger partial charge in [0.2, 0.25) is 5.91 Å². The molecule has 3 aromatic rings. The molecule has 0 saturated heterocycles. The molecule has 0 unspecified atom stereocenters. The summed E-state index contributed by atoms with van der Waals surface area (Å²) in [6, 6.07) is 12.9. The molecule has 2 aromatic carbocycles. The lowest BCUT2D eigenvalue weighted by atomic mass is 10.2. The van der Waals surface area contributed by atoms with Crippen LogP contribution in [0.5, 0.6) is 11.5 Å². The number of methoxy groups -OCH3 is 2. The Kier molecular flexibility index (Phi) is 6.34. The van der Waals surface area contributed by atoms with Crippen molar-refractivity contribution in [3.05, 3.63) is 65.9 Å². The van der Waals surface area contributed by atoms with Crippen molar-refractivity contribution in [2.24, 2.45) is 0 Å². The molecule has 1 N–H and O–H groups in total. The van der Waals surface area contributed by atoms with Gasteiger partial charge in [-0.15, -0.1) is 0 Å². The topological polar surface area (TPSA) is 52.5 Å². The fourth-order valence-electron chi connectivity index (χ4n) is 3.16. The summed E-state index contributed by atoms with van der Waals surface area (Å²) in [5, 5.41) is 3.12. The van der Waals surface area contributed by atoms with Crippen molar-refractivity contribution in [2.75, 3.05) is 20.8 Å². The first-order valence-electron chi connectivity index (χ1n) is 9.17. The Morgan fingerprint density at radius 3 is 2.50 bits per heavy atom. The third-order valence-electron chi connectivity index (χ3n) is 4.57. The zero-order valence-corrected chi connectivity index (χ0v) is 16.5. The molecule has 1 aromatic heterocycles. The number of alkyl halides is 3. The van der Waals surface area contributed by atoms with Crippen molar-refractivity contribution < 1.29 is 27.4 Å². The van der Waals surface area contributed by atoms with E-state index in [4.69, 9.17) is 9.47 Å². The summed E-state index contributed by atoms with van der Waals surface area (Å²) in [5.74, 6) is 0.688. The van der Waals surface area contributed by atoms with Gasteiger partial charge in [0.1, 0.15) is 5.69 Å². The zero-order valence-electron chi connectivity index (χ0n) is 16.5. The van der Waals surface area contributed by atoms with Crippen molar-refractivity contribution in [3.8, 4) is 11.5 Å². The van der Waals surface area contributed by atoms with Crippen LogP contribution in [0, 0.1) is 0 Å². The smallest absolute Gasteiger partial charge is 0.431 e. The van der Waals surface area contributed by atoms with Gasteiger partial charge in [-0.2, -0.15) is 13.2 Å². The molecule has 0 atom stereocenters. The van der Waals surface area contributed by atoms with E-state index in [2.05, 4.69) is 5.32 Å². The molecule has 1 amide bonds. The first kappa shape index (κ1) is 21.3. The molecule has 3 rings (SSSR count). The summed E-state index contributed by atoms with van der Waals surface area (Å²) >= 11 is 0. The SMILES string of the molecule is COc1ccc(/C=C/C(=O)NCCn2c(C(F)(F)F)cc3ccccc32)cc1OC. The maximum Gasteiger partial charge on any atom is 0.431 e. The number of hydrogen-bond acceptors (Lipinski definition) is 3. The summed E-state index contributed by atoms with van der Waals surface area (Å²) in [6.45, 7) is 0.0508. The average Bonchev–Trinajstić information content (AvgIpc) is 3.11. The Morgan fingerprint density at radius 1 is 1.07 bits per heavy atom. The molecule has 0 bridgehead atoms. The Morgan fingerprint density at radius 2 is 1.80 bits per heavy atom. The average molecular weight is 418 g/mol. The van der Waals surface area contributed by atoms with Crippen molar-refractivity contribution in [3.63, 3.8) is 0 Å². The van der Waals surface area contributed by atoms with Crippen molar-refractivity contribution in [1.29, 1.82) is 0 Å². The minimum absolute atomic E-state index is 0.00169. The van der Waals surface area contributed by atoms with Crippen LogP contribution in [0.3, 0.4) is 0 Å². The molecule has 0 aliphatic carbocycles. The van der Waals surface area contributed by atoms with E-state index in [-0.39, 0.29) is 13.1 Å². The fourth-order valence-corrected chi connectivity index (χ4v) is 3.16. The largest absolute Gasteiger partial charge is 0.493 e. The van der Waals surface area contributed by atoms with Crippen LogP contribution in [0.15, 0.2) is 54.6 Å². The Hall–Kier alpha value is -3.42. The van der Waals surface area contributed by atoms with Gasteiger partial charge in [0.05, 0.1) is 14.2 Å². The van der Waals surface area contributed by atoms with Crippen LogP contribution in [0.25, 0.3) is 17.0 Å². The summed E-state index contributed by atoms with van der Waals surface area (Å²) in [5.41, 5.74) is 0.456. The molecule has 0 spiro atoms. The molecule has 30 heavy (non-hydrogen) atoms. The molecule has 0 radical (unpaired) electrons. The van der Waals surface area contributed by atoms with Crippen molar-refractivity contribution in [2.45, 2.75) is 12.7 Å². The van der Waals surface area contributed by atoms with Crippen LogP contribution in [0.4, 0.5) is 13.2 Å². The van der Waals surface area contributed by atoms with Gasteiger partial charge in [-0.3, -0.25) is 4.79 Å². The molecule has 5 nitrogen and oxygen atoms in total. The predicted molar refractivity (Wildman–Crippen MR) is 109 cm³/mol. The van der Waals surface area contributed by atoms with E-state index in [9.17, 15) is 18.0 Å².